The van der Waals surface area contributed by atoms with Crippen molar-refractivity contribution >= 4 is 29.1 Å². The quantitative estimate of drug-likeness (QED) is 0.699. The van der Waals surface area contributed by atoms with Crippen LogP contribution in [0.2, 0.25) is 5.02 Å². The van der Waals surface area contributed by atoms with Gasteiger partial charge in [0.05, 0.1) is 24.4 Å². The summed E-state index contributed by atoms with van der Waals surface area (Å²) in [5, 5.41) is 12.6. The lowest BCUT2D eigenvalue weighted by Gasteiger charge is -2.31. The molecule has 0 radical (unpaired) electrons. The number of nitrogens with one attached hydrogen (secondary N) is 1. The predicted molar refractivity (Wildman–Crippen MR) is 126 cm³/mol. The number of rotatable bonds is 6. The molecule has 1 aliphatic heterocycles. The van der Waals surface area contributed by atoms with Crippen LogP contribution in [0.3, 0.4) is 0 Å². The van der Waals surface area contributed by atoms with Crippen molar-refractivity contribution in [3.8, 4) is 11.8 Å². The van der Waals surface area contributed by atoms with E-state index in [9.17, 15) is 9.59 Å². The summed E-state index contributed by atoms with van der Waals surface area (Å²) < 4.78 is 5.35. The number of anilines is 1. The van der Waals surface area contributed by atoms with E-state index in [2.05, 4.69) is 11.4 Å². The van der Waals surface area contributed by atoms with Crippen molar-refractivity contribution in [2.24, 2.45) is 5.41 Å². The number of hydrogen-bond donors (Lipinski definition) is 1. The average Bonchev–Trinajstić information content (AvgIpc) is 3.44. The first-order chi connectivity index (χ1) is 15.8. The number of methoxy groups -OCH3 is 1. The molecule has 2 aromatic rings. The minimum absolute atomic E-state index is 0.0310. The van der Waals surface area contributed by atoms with Crippen molar-refractivity contribution in [1.29, 1.82) is 5.26 Å². The fraction of sp³-hybridized carbons (Fsp3) is 0.400. The highest BCUT2D eigenvalue weighted by atomic mass is 35.5. The molecule has 2 aromatic carbocycles. The third-order valence-corrected chi connectivity index (χ3v) is 6.83. The fourth-order valence-corrected chi connectivity index (χ4v) is 4.73. The molecule has 1 unspecified atom stereocenters. The van der Waals surface area contributed by atoms with Crippen molar-refractivity contribution in [2.45, 2.75) is 31.3 Å². The van der Waals surface area contributed by atoms with Gasteiger partial charge in [0.15, 0.2) is 0 Å². The normalized spacial score (nSPS) is 19.3. The summed E-state index contributed by atoms with van der Waals surface area (Å²) in [5.41, 5.74) is 1.78. The molecule has 172 valence electrons. The fourth-order valence-electron chi connectivity index (χ4n) is 4.61. The molecule has 2 aliphatic rings. The second kappa shape index (κ2) is 9.05. The molecule has 2 amide bonds. The third kappa shape index (κ3) is 4.68. The average molecular weight is 467 g/mol. The van der Waals surface area contributed by atoms with Crippen LogP contribution in [0.4, 0.5) is 5.69 Å². The number of hydrogen-bond acceptors (Lipinski definition) is 5. The Hall–Kier alpha value is -3.08. The first kappa shape index (κ1) is 23.1. The molecule has 33 heavy (non-hydrogen) atoms. The number of likely N-dealkylation sites (N-methyl/N-ethyl adjacent to an activating group) is 1. The van der Waals surface area contributed by atoms with E-state index in [1.54, 1.807) is 35.2 Å². The van der Waals surface area contributed by atoms with Crippen LogP contribution in [-0.4, -0.2) is 55.4 Å². The Kier molecular flexibility index (Phi) is 6.33. The van der Waals surface area contributed by atoms with E-state index in [0.29, 0.717) is 35.0 Å². The SMILES string of the molecule is COc1cc(C#N)ccc1NC(=O)[C@H]1CC2(CC2)CN1C(=O)C(c1ccc(Cl)cc1)N(C)C. The lowest BCUT2D eigenvalue weighted by molar-refractivity contribution is -0.141. The molecule has 1 aliphatic carbocycles. The van der Waals surface area contributed by atoms with Crippen LogP contribution in [0.1, 0.15) is 36.4 Å². The van der Waals surface area contributed by atoms with E-state index in [1.807, 2.05) is 31.1 Å². The molecule has 2 fully saturated rings. The van der Waals surface area contributed by atoms with Crippen LogP contribution in [-0.2, 0) is 9.59 Å². The van der Waals surface area contributed by atoms with E-state index in [-0.39, 0.29) is 17.2 Å². The summed E-state index contributed by atoms with van der Waals surface area (Å²) in [4.78, 5) is 30.8. The standard InChI is InChI=1S/C25H27ClN4O3/c1-29(2)22(17-5-7-18(26)8-6-17)24(32)30-15-25(10-11-25)13-20(30)23(31)28-19-9-4-16(14-27)12-21(19)33-3/h4-9,12,20,22H,10-11,13,15H2,1-3H3,(H,28,31)/t20-,22?/m1/s1. The van der Waals surface area contributed by atoms with Gasteiger partial charge >= 0.3 is 0 Å². The first-order valence-electron chi connectivity index (χ1n) is 10.9. The van der Waals surface area contributed by atoms with Gasteiger partial charge in [-0.2, -0.15) is 5.26 Å². The lowest BCUT2D eigenvalue weighted by Crippen LogP contribution is -2.47. The molecule has 2 atom stereocenters. The van der Waals surface area contributed by atoms with Gasteiger partial charge < -0.3 is 15.0 Å². The summed E-state index contributed by atoms with van der Waals surface area (Å²) in [7, 11) is 5.21. The molecule has 1 heterocycles. The molecule has 1 spiro atoms. The van der Waals surface area contributed by atoms with Gasteiger partial charge in [-0.1, -0.05) is 23.7 Å². The molecule has 1 saturated heterocycles. The Morgan fingerprint density at radius 1 is 1.24 bits per heavy atom. The van der Waals surface area contributed by atoms with Crippen LogP contribution >= 0.6 is 11.6 Å². The molecule has 1 saturated carbocycles. The molecule has 8 heteroatoms. The van der Waals surface area contributed by atoms with Gasteiger partial charge in [0.25, 0.3) is 0 Å². The number of likely N-dealkylation sites (tertiary alicyclic amines) is 1. The molecule has 0 bridgehead atoms. The Balaban J connectivity index is 1.60. The topological polar surface area (TPSA) is 85.7 Å². The third-order valence-electron chi connectivity index (χ3n) is 6.58. The molecule has 4 rings (SSSR count). The minimum Gasteiger partial charge on any atom is -0.495 e. The van der Waals surface area contributed by atoms with Gasteiger partial charge in [0.1, 0.15) is 17.8 Å². The Labute approximate surface area is 198 Å². The zero-order chi connectivity index (χ0) is 23.8. The van der Waals surface area contributed by atoms with Crippen molar-refractivity contribution < 1.29 is 14.3 Å². The number of halogens is 1. The van der Waals surface area contributed by atoms with E-state index in [4.69, 9.17) is 21.6 Å². The van der Waals surface area contributed by atoms with E-state index >= 15 is 0 Å². The Bertz CT molecular complexity index is 1110. The summed E-state index contributed by atoms with van der Waals surface area (Å²) >= 11 is 6.04. The summed E-state index contributed by atoms with van der Waals surface area (Å²) in [6, 6.07) is 13.1. The maximum Gasteiger partial charge on any atom is 0.247 e. The van der Waals surface area contributed by atoms with Crippen LogP contribution in [0.15, 0.2) is 42.5 Å². The minimum atomic E-state index is -0.574. The van der Waals surface area contributed by atoms with Crippen LogP contribution in [0, 0.1) is 16.7 Å². The first-order valence-corrected chi connectivity index (χ1v) is 11.3. The van der Waals surface area contributed by atoms with E-state index in [1.165, 1.54) is 7.11 Å². The molecular weight excluding hydrogens is 440 g/mol. The molecule has 7 nitrogen and oxygen atoms in total. The maximum atomic E-state index is 13.8. The van der Waals surface area contributed by atoms with Gasteiger partial charge in [-0.3, -0.25) is 14.5 Å². The smallest absolute Gasteiger partial charge is 0.247 e. The molecular formula is C25H27ClN4O3. The molecule has 0 aromatic heterocycles. The largest absolute Gasteiger partial charge is 0.495 e. The number of benzene rings is 2. The van der Waals surface area contributed by atoms with E-state index in [0.717, 1.165) is 18.4 Å². The maximum absolute atomic E-state index is 13.8. The van der Waals surface area contributed by atoms with Crippen molar-refractivity contribution in [3.05, 3.63) is 58.6 Å². The lowest BCUT2D eigenvalue weighted by atomic mass is 10.0. The highest BCUT2D eigenvalue weighted by molar-refractivity contribution is 6.30. The Morgan fingerprint density at radius 2 is 1.94 bits per heavy atom. The number of carbonyl (C=O) groups excluding carboxylic acids is 2. The van der Waals surface area contributed by atoms with Gasteiger partial charge in [0, 0.05) is 17.6 Å². The van der Waals surface area contributed by atoms with Gasteiger partial charge in [-0.25, -0.2) is 0 Å². The zero-order valence-electron chi connectivity index (χ0n) is 19.0. The number of ether oxygens (including phenoxy) is 1. The highest BCUT2D eigenvalue weighted by Crippen LogP contribution is 2.55. The van der Waals surface area contributed by atoms with Gasteiger partial charge in [-0.05, 0) is 68.6 Å². The van der Waals surface area contributed by atoms with Crippen molar-refractivity contribution in [1.82, 2.24) is 9.80 Å². The summed E-state index contributed by atoms with van der Waals surface area (Å²) in [6.45, 7) is 0.576. The van der Waals surface area contributed by atoms with Gasteiger partial charge in [0.2, 0.25) is 11.8 Å². The van der Waals surface area contributed by atoms with Crippen molar-refractivity contribution in [2.75, 3.05) is 33.1 Å². The predicted octanol–water partition coefficient (Wildman–Crippen LogP) is 3.84. The Morgan fingerprint density at radius 3 is 2.52 bits per heavy atom. The highest BCUT2D eigenvalue weighted by Gasteiger charge is 2.56. The number of nitrogens with zero attached hydrogens (tertiary/aromatic N) is 3. The monoisotopic (exact) mass is 466 g/mol. The second-order valence-electron chi connectivity index (χ2n) is 9.12. The number of nitriles is 1. The van der Waals surface area contributed by atoms with Crippen molar-refractivity contribution in [3.63, 3.8) is 0 Å². The summed E-state index contributed by atoms with van der Waals surface area (Å²) in [5.74, 6) is 0.0635. The van der Waals surface area contributed by atoms with Crippen LogP contribution in [0.25, 0.3) is 0 Å². The van der Waals surface area contributed by atoms with Crippen LogP contribution in [0.5, 0.6) is 5.75 Å². The summed E-state index contributed by atoms with van der Waals surface area (Å²) in [6.07, 6.45) is 2.69. The number of amides is 2. The van der Waals surface area contributed by atoms with E-state index < -0.39 is 12.1 Å². The van der Waals surface area contributed by atoms with Crippen LogP contribution < -0.4 is 10.1 Å². The molecule has 1 N–H and O–H groups in total. The van der Waals surface area contributed by atoms with Gasteiger partial charge in [-0.15, -0.1) is 0 Å². The second-order valence-corrected chi connectivity index (χ2v) is 9.56. The number of carbonyl (C=O) groups is 2. The zero-order valence-corrected chi connectivity index (χ0v) is 19.7.